The fourth-order valence-electron chi connectivity index (χ4n) is 1.80. The molecule has 1 aromatic carbocycles. The number of anilines is 1. The molecule has 1 heterocycles. The maximum atomic E-state index is 11.8. The van der Waals surface area contributed by atoms with E-state index in [0.717, 1.165) is 0 Å². The number of hydrogen-bond donors (Lipinski definition) is 1. The summed E-state index contributed by atoms with van der Waals surface area (Å²) in [6.45, 7) is 2.66. The molecule has 1 aromatic heterocycles. The van der Waals surface area contributed by atoms with E-state index in [4.69, 9.17) is 5.26 Å². The quantitative estimate of drug-likeness (QED) is 0.862. The highest BCUT2D eigenvalue weighted by Crippen LogP contribution is 2.09. The lowest BCUT2D eigenvalue weighted by Gasteiger charge is -2.04. The summed E-state index contributed by atoms with van der Waals surface area (Å²) < 4.78 is 1.97. The summed E-state index contributed by atoms with van der Waals surface area (Å²) in [6.07, 6.45) is 4.31. The van der Waals surface area contributed by atoms with Crippen molar-refractivity contribution >= 4 is 11.6 Å². The van der Waals surface area contributed by atoms with E-state index in [9.17, 15) is 4.79 Å². The van der Waals surface area contributed by atoms with Gasteiger partial charge in [-0.2, -0.15) is 5.26 Å². The Morgan fingerprint density at radius 2 is 2.05 bits per heavy atom. The second-order valence-corrected chi connectivity index (χ2v) is 4.60. The van der Waals surface area contributed by atoms with Crippen LogP contribution in [0.2, 0.25) is 0 Å². The molecular weight excluding hydrogens is 250 g/mol. The Morgan fingerprint density at radius 1 is 1.30 bits per heavy atom. The highest BCUT2D eigenvalue weighted by atomic mass is 16.1. The van der Waals surface area contributed by atoms with Gasteiger partial charge in [0.25, 0.3) is 0 Å². The normalized spacial score (nSPS) is 9.80. The molecule has 20 heavy (non-hydrogen) atoms. The molecule has 2 aromatic rings. The maximum Gasteiger partial charge on any atom is 0.230 e. The predicted octanol–water partition coefficient (Wildman–Crippen LogP) is 2.18. The van der Waals surface area contributed by atoms with Crippen molar-refractivity contribution in [1.29, 1.82) is 5.26 Å². The summed E-state index contributed by atoms with van der Waals surface area (Å²) >= 11 is 0. The van der Waals surface area contributed by atoms with Gasteiger partial charge in [-0.05, 0) is 30.7 Å². The van der Waals surface area contributed by atoms with Crippen LogP contribution in [0.3, 0.4) is 0 Å². The first-order valence-electron chi connectivity index (χ1n) is 6.43. The first kappa shape index (κ1) is 13.8. The minimum absolute atomic E-state index is 0.0619. The van der Waals surface area contributed by atoms with E-state index in [-0.39, 0.29) is 5.91 Å². The molecule has 0 radical (unpaired) electrons. The average Bonchev–Trinajstić information content (AvgIpc) is 2.47. The van der Waals surface area contributed by atoms with Crippen LogP contribution >= 0.6 is 0 Å². The first-order valence-corrected chi connectivity index (χ1v) is 6.43. The Kier molecular flexibility index (Phi) is 4.46. The SMILES string of the molecule is Cc1cc[n+](CCC(=O)Nc2cccc(C#N)c2)cc1. The van der Waals surface area contributed by atoms with Crippen molar-refractivity contribution in [2.45, 2.75) is 19.9 Å². The van der Waals surface area contributed by atoms with E-state index in [0.29, 0.717) is 24.2 Å². The van der Waals surface area contributed by atoms with Crippen LogP contribution in [0, 0.1) is 18.3 Å². The van der Waals surface area contributed by atoms with Crippen molar-refractivity contribution in [2.24, 2.45) is 0 Å². The van der Waals surface area contributed by atoms with Gasteiger partial charge in [-0.25, -0.2) is 4.57 Å². The molecule has 0 fully saturated rings. The second-order valence-electron chi connectivity index (χ2n) is 4.60. The van der Waals surface area contributed by atoms with Crippen molar-refractivity contribution in [3.05, 3.63) is 59.9 Å². The monoisotopic (exact) mass is 266 g/mol. The molecule has 0 aliphatic carbocycles. The highest BCUT2D eigenvalue weighted by Gasteiger charge is 2.07. The second kappa shape index (κ2) is 6.48. The number of carbonyl (C=O) groups is 1. The summed E-state index contributed by atoms with van der Waals surface area (Å²) in [7, 11) is 0. The molecule has 0 spiro atoms. The molecule has 0 aliphatic rings. The summed E-state index contributed by atoms with van der Waals surface area (Å²) in [4.78, 5) is 11.8. The molecule has 4 nitrogen and oxygen atoms in total. The third kappa shape index (κ3) is 3.92. The lowest BCUT2D eigenvalue weighted by Crippen LogP contribution is -2.34. The lowest BCUT2D eigenvalue weighted by atomic mass is 10.2. The van der Waals surface area contributed by atoms with Gasteiger partial charge in [-0.1, -0.05) is 6.07 Å². The van der Waals surface area contributed by atoms with Crippen LogP contribution in [-0.4, -0.2) is 5.91 Å². The minimum atomic E-state index is -0.0619. The molecule has 0 atom stereocenters. The van der Waals surface area contributed by atoms with Gasteiger partial charge < -0.3 is 5.32 Å². The highest BCUT2D eigenvalue weighted by molar-refractivity contribution is 5.90. The molecule has 4 heteroatoms. The smallest absolute Gasteiger partial charge is 0.230 e. The Bertz CT molecular complexity index is 642. The zero-order valence-electron chi connectivity index (χ0n) is 11.3. The van der Waals surface area contributed by atoms with Gasteiger partial charge in [0.2, 0.25) is 5.91 Å². The first-order chi connectivity index (χ1) is 9.67. The van der Waals surface area contributed by atoms with Crippen LogP contribution in [0.5, 0.6) is 0 Å². The number of rotatable bonds is 4. The molecule has 0 unspecified atom stereocenters. The van der Waals surface area contributed by atoms with Gasteiger partial charge in [-0.15, -0.1) is 0 Å². The number of hydrogen-bond acceptors (Lipinski definition) is 2. The van der Waals surface area contributed by atoms with Crippen LogP contribution < -0.4 is 9.88 Å². The predicted molar refractivity (Wildman–Crippen MR) is 75.8 cm³/mol. The molecule has 0 saturated carbocycles. The number of nitrogens with zero attached hydrogens (tertiary/aromatic N) is 2. The summed E-state index contributed by atoms with van der Waals surface area (Å²) in [6, 6.07) is 13.0. The van der Waals surface area contributed by atoms with Gasteiger partial charge in [0.15, 0.2) is 18.9 Å². The number of nitrogens with one attached hydrogen (secondary N) is 1. The van der Waals surface area contributed by atoms with Crippen molar-refractivity contribution in [3.63, 3.8) is 0 Å². The number of carbonyl (C=O) groups excluding carboxylic acids is 1. The molecule has 0 saturated heterocycles. The van der Waals surface area contributed by atoms with Gasteiger partial charge in [0, 0.05) is 17.8 Å². The maximum absolute atomic E-state index is 11.8. The number of benzene rings is 1. The van der Waals surface area contributed by atoms with Crippen molar-refractivity contribution in [1.82, 2.24) is 0 Å². The van der Waals surface area contributed by atoms with Crippen molar-refractivity contribution < 1.29 is 9.36 Å². The lowest BCUT2D eigenvalue weighted by molar-refractivity contribution is -0.695. The number of pyridine rings is 1. The van der Waals surface area contributed by atoms with E-state index in [1.807, 2.05) is 42.1 Å². The Morgan fingerprint density at radius 3 is 2.75 bits per heavy atom. The molecule has 0 bridgehead atoms. The molecular formula is C16H16N3O+. The zero-order chi connectivity index (χ0) is 14.4. The molecule has 1 N–H and O–H groups in total. The van der Waals surface area contributed by atoms with Crippen molar-refractivity contribution in [2.75, 3.05) is 5.32 Å². The molecule has 100 valence electrons. The topological polar surface area (TPSA) is 56.8 Å². The number of aromatic nitrogens is 1. The van der Waals surface area contributed by atoms with Crippen LogP contribution in [-0.2, 0) is 11.3 Å². The van der Waals surface area contributed by atoms with E-state index in [1.165, 1.54) is 5.56 Å². The third-order valence-corrected chi connectivity index (χ3v) is 2.93. The fraction of sp³-hybridized carbons (Fsp3) is 0.188. The van der Waals surface area contributed by atoms with E-state index < -0.39 is 0 Å². The van der Waals surface area contributed by atoms with Gasteiger partial charge >= 0.3 is 0 Å². The van der Waals surface area contributed by atoms with Gasteiger partial charge in [0.1, 0.15) is 0 Å². The Balaban J connectivity index is 1.89. The Hall–Kier alpha value is -2.67. The van der Waals surface area contributed by atoms with Crippen molar-refractivity contribution in [3.8, 4) is 6.07 Å². The summed E-state index contributed by atoms with van der Waals surface area (Å²) in [5.41, 5.74) is 2.39. The van der Waals surface area contributed by atoms with Crippen LogP contribution in [0.15, 0.2) is 48.8 Å². The Labute approximate surface area is 118 Å². The van der Waals surface area contributed by atoms with Gasteiger partial charge in [0.05, 0.1) is 18.1 Å². The van der Waals surface area contributed by atoms with Crippen LogP contribution in [0.25, 0.3) is 0 Å². The summed E-state index contributed by atoms with van der Waals surface area (Å²) in [5.74, 6) is -0.0619. The zero-order valence-corrected chi connectivity index (χ0v) is 11.3. The minimum Gasteiger partial charge on any atom is -0.326 e. The molecule has 0 aliphatic heterocycles. The standard InChI is InChI=1S/C16H15N3O/c1-13-5-8-19(9-6-13)10-7-16(20)18-15-4-2-3-14(11-15)12-17/h2-6,8-9,11H,7,10H2,1H3/p+1. The third-order valence-electron chi connectivity index (χ3n) is 2.93. The number of aryl methyl sites for hydroxylation is 2. The molecule has 1 amide bonds. The van der Waals surface area contributed by atoms with Gasteiger partial charge in [-0.3, -0.25) is 4.79 Å². The van der Waals surface area contributed by atoms with Crippen LogP contribution in [0.4, 0.5) is 5.69 Å². The fourth-order valence-corrected chi connectivity index (χ4v) is 1.80. The number of nitriles is 1. The van der Waals surface area contributed by atoms with E-state index in [2.05, 4.69) is 5.32 Å². The average molecular weight is 266 g/mol. The largest absolute Gasteiger partial charge is 0.326 e. The summed E-state index contributed by atoms with van der Waals surface area (Å²) in [5, 5.41) is 11.6. The van der Waals surface area contributed by atoms with E-state index >= 15 is 0 Å². The van der Waals surface area contributed by atoms with E-state index in [1.54, 1.807) is 24.3 Å². The molecule has 2 rings (SSSR count). The van der Waals surface area contributed by atoms with Crippen LogP contribution in [0.1, 0.15) is 17.5 Å². The number of amides is 1.